The first-order chi connectivity index (χ1) is 14.7. The molecule has 0 saturated carbocycles. The van der Waals surface area contributed by atoms with Crippen molar-refractivity contribution in [2.24, 2.45) is 0 Å². The third kappa shape index (κ3) is 3.48. The molecule has 1 aliphatic rings. The molecule has 152 valence electrons. The fraction of sp³-hybridized carbons (Fsp3) is 0.167. The van der Waals surface area contributed by atoms with Gasteiger partial charge in [-0.25, -0.2) is 10.1 Å². The van der Waals surface area contributed by atoms with Gasteiger partial charge in [-0.1, -0.05) is 11.8 Å². The first-order valence-corrected chi connectivity index (χ1v) is 9.80. The molecule has 4 heterocycles. The molecule has 0 fully saturated rings. The molecule has 0 atom stereocenters. The number of ether oxygens (including phenoxy) is 2. The lowest BCUT2D eigenvalue weighted by molar-refractivity contribution is -0.113. The molecule has 0 saturated heterocycles. The van der Waals surface area contributed by atoms with E-state index in [1.807, 2.05) is 0 Å². The van der Waals surface area contributed by atoms with Crippen LogP contribution in [0.4, 0.5) is 5.95 Å². The number of aromatic nitrogens is 5. The maximum atomic E-state index is 13.2. The van der Waals surface area contributed by atoms with Crippen LogP contribution in [0.2, 0.25) is 0 Å². The average molecular weight is 426 g/mol. The third-order valence-electron chi connectivity index (χ3n) is 4.31. The van der Waals surface area contributed by atoms with Crippen LogP contribution >= 0.6 is 11.8 Å². The number of hydrogen-bond donors (Lipinski definition) is 2. The molecule has 1 aromatic carbocycles. The van der Waals surface area contributed by atoms with Crippen molar-refractivity contribution in [1.82, 2.24) is 24.7 Å². The normalized spacial score (nSPS) is 12.4. The second-order valence-corrected chi connectivity index (χ2v) is 7.20. The molecule has 0 spiro atoms. The van der Waals surface area contributed by atoms with Crippen LogP contribution in [0.3, 0.4) is 0 Å². The summed E-state index contributed by atoms with van der Waals surface area (Å²) in [7, 11) is 0. The summed E-state index contributed by atoms with van der Waals surface area (Å²) in [6.07, 6.45) is 2.82. The number of hydrogen-bond acceptors (Lipinski definition) is 9. The Kier molecular flexibility index (Phi) is 4.59. The van der Waals surface area contributed by atoms with Crippen LogP contribution in [0, 0.1) is 0 Å². The lowest BCUT2D eigenvalue weighted by Crippen LogP contribution is -2.24. The molecule has 0 unspecified atom stereocenters. The summed E-state index contributed by atoms with van der Waals surface area (Å²) in [4.78, 5) is 33.9. The second-order valence-electron chi connectivity index (χ2n) is 6.26. The molecule has 5 rings (SSSR count). The molecule has 4 aromatic rings. The molecule has 30 heavy (non-hydrogen) atoms. The topological polar surface area (TPSA) is 137 Å². The maximum absolute atomic E-state index is 13.2. The fourth-order valence-corrected chi connectivity index (χ4v) is 3.76. The van der Waals surface area contributed by atoms with Gasteiger partial charge >= 0.3 is 0 Å². The Labute approximate surface area is 172 Å². The molecule has 0 aliphatic carbocycles. The molecule has 11 nitrogen and oxygen atoms in total. The van der Waals surface area contributed by atoms with Gasteiger partial charge in [-0.15, -0.1) is 0 Å². The smallest absolute Gasteiger partial charge is 0.262 e. The van der Waals surface area contributed by atoms with Crippen LogP contribution in [0.1, 0.15) is 5.76 Å². The van der Waals surface area contributed by atoms with Crippen LogP contribution < -0.4 is 20.3 Å². The number of anilines is 1. The maximum Gasteiger partial charge on any atom is 0.262 e. The zero-order chi connectivity index (χ0) is 20.5. The van der Waals surface area contributed by atoms with E-state index in [0.717, 1.165) is 11.8 Å². The number of fused-ring (bicyclic) bond motifs is 2. The van der Waals surface area contributed by atoms with Gasteiger partial charge < -0.3 is 13.9 Å². The Morgan fingerprint density at radius 1 is 1.30 bits per heavy atom. The molecule has 12 heteroatoms. The van der Waals surface area contributed by atoms with Gasteiger partial charge in [0, 0.05) is 6.07 Å². The number of nitrogens with zero attached hydrogens (tertiary/aromatic N) is 4. The number of carbonyl (C=O) groups is 1. The summed E-state index contributed by atoms with van der Waals surface area (Å²) in [6.45, 7) is 0.269. The van der Waals surface area contributed by atoms with Gasteiger partial charge in [0.2, 0.25) is 18.6 Å². The Bertz CT molecular complexity index is 1270. The lowest BCUT2D eigenvalue weighted by atomic mass is 10.2. The standard InChI is InChI=1S/C18H14N6O5S/c25-15(22-17-19-8-20-23-17)7-30-18-21-12-5-14-13(28-9-29-14)4-11(12)16(26)24(18)6-10-2-1-3-27-10/h1-5,8H,6-7,9H2,(H2,19,20,22,23,25). The molecule has 1 aliphatic heterocycles. The number of H-pyrrole nitrogens is 1. The largest absolute Gasteiger partial charge is 0.467 e. The Hall–Kier alpha value is -3.80. The summed E-state index contributed by atoms with van der Waals surface area (Å²) in [6, 6.07) is 6.79. The van der Waals surface area contributed by atoms with E-state index in [1.165, 1.54) is 17.2 Å². The van der Waals surface area contributed by atoms with Crippen molar-refractivity contribution in [3.05, 3.63) is 53.0 Å². The van der Waals surface area contributed by atoms with Gasteiger partial charge in [0.25, 0.3) is 5.56 Å². The second kappa shape index (κ2) is 7.55. The number of thioether (sulfide) groups is 1. The number of furan rings is 1. The van der Waals surface area contributed by atoms with Crippen molar-refractivity contribution in [2.45, 2.75) is 11.7 Å². The summed E-state index contributed by atoms with van der Waals surface area (Å²) in [5, 5.41) is 9.57. The van der Waals surface area contributed by atoms with Gasteiger partial charge in [0.05, 0.1) is 29.5 Å². The number of rotatable bonds is 6. The van der Waals surface area contributed by atoms with Gasteiger partial charge in [-0.3, -0.25) is 19.5 Å². The third-order valence-corrected chi connectivity index (χ3v) is 5.29. The highest BCUT2D eigenvalue weighted by atomic mass is 32.2. The van der Waals surface area contributed by atoms with Crippen LogP contribution in [-0.4, -0.2) is 43.2 Å². The van der Waals surface area contributed by atoms with Crippen molar-refractivity contribution < 1.29 is 18.7 Å². The van der Waals surface area contributed by atoms with Crippen molar-refractivity contribution in [3.8, 4) is 11.5 Å². The van der Waals surface area contributed by atoms with E-state index in [4.69, 9.17) is 13.9 Å². The van der Waals surface area contributed by atoms with E-state index < -0.39 is 0 Å². The van der Waals surface area contributed by atoms with Gasteiger partial charge in [0.15, 0.2) is 16.7 Å². The van der Waals surface area contributed by atoms with Gasteiger partial charge in [-0.05, 0) is 18.2 Å². The van der Waals surface area contributed by atoms with Crippen LogP contribution in [-0.2, 0) is 11.3 Å². The highest BCUT2D eigenvalue weighted by Crippen LogP contribution is 2.35. The summed E-state index contributed by atoms with van der Waals surface area (Å²) in [5.41, 5.74) is 0.186. The minimum absolute atomic E-state index is 0.0152. The van der Waals surface area contributed by atoms with Gasteiger partial charge in [0.1, 0.15) is 12.1 Å². The number of benzene rings is 1. The highest BCUT2D eigenvalue weighted by Gasteiger charge is 2.20. The minimum Gasteiger partial charge on any atom is -0.467 e. The monoisotopic (exact) mass is 426 g/mol. The molecule has 1 amide bonds. The Morgan fingerprint density at radius 3 is 2.93 bits per heavy atom. The van der Waals surface area contributed by atoms with Crippen LogP contribution in [0.5, 0.6) is 11.5 Å². The summed E-state index contributed by atoms with van der Waals surface area (Å²) < 4.78 is 17.6. The molecule has 0 radical (unpaired) electrons. The van der Waals surface area contributed by atoms with Crippen LogP contribution in [0.25, 0.3) is 10.9 Å². The zero-order valence-corrected chi connectivity index (χ0v) is 16.1. The van der Waals surface area contributed by atoms with Gasteiger partial charge in [-0.2, -0.15) is 10.1 Å². The Balaban J connectivity index is 1.50. The molecular formula is C18H14N6O5S. The zero-order valence-electron chi connectivity index (χ0n) is 15.3. The average Bonchev–Trinajstić information content (AvgIpc) is 3.50. The van der Waals surface area contributed by atoms with Crippen molar-refractivity contribution in [1.29, 1.82) is 0 Å². The highest BCUT2D eigenvalue weighted by molar-refractivity contribution is 7.99. The van der Waals surface area contributed by atoms with Crippen molar-refractivity contribution in [3.63, 3.8) is 0 Å². The number of nitrogens with one attached hydrogen (secondary N) is 2. The molecule has 2 N–H and O–H groups in total. The summed E-state index contributed by atoms with van der Waals surface area (Å²) in [5.74, 6) is 1.55. The quantitative estimate of drug-likeness (QED) is 0.348. The van der Waals surface area contributed by atoms with E-state index in [1.54, 1.807) is 24.3 Å². The first-order valence-electron chi connectivity index (χ1n) is 8.82. The van der Waals surface area contributed by atoms with E-state index in [-0.39, 0.29) is 36.5 Å². The van der Waals surface area contributed by atoms with E-state index >= 15 is 0 Å². The van der Waals surface area contributed by atoms with E-state index in [0.29, 0.717) is 33.3 Å². The molecular weight excluding hydrogens is 412 g/mol. The minimum atomic E-state index is -0.318. The number of aromatic amines is 1. The van der Waals surface area contributed by atoms with E-state index in [2.05, 4.69) is 25.5 Å². The number of carbonyl (C=O) groups excluding carboxylic acids is 1. The predicted octanol–water partition coefficient (Wildman–Crippen LogP) is 1.62. The lowest BCUT2D eigenvalue weighted by Gasteiger charge is -2.12. The van der Waals surface area contributed by atoms with E-state index in [9.17, 15) is 9.59 Å². The van der Waals surface area contributed by atoms with Crippen molar-refractivity contribution >= 4 is 34.5 Å². The van der Waals surface area contributed by atoms with Crippen LogP contribution in [0.15, 0.2) is 51.2 Å². The Morgan fingerprint density at radius 2 is 2.17 bits per heavy atom. The fourth-order valence-electron chi connectivity index (χ4n) is 2.96. The molecule has 0 bridgehead atoms. The molecule has 3 aromatic heterocycles. The first kappa shape index (κ1) is 18.2. The van der Waals surface area contributed by atoms with Crippen molar-refractivity contribution in [2.75, 3.05) is 17.9 Å². The number of amides is 1. The predicted molar refractivity (Wildman–Crippen MR) is 106 cm³/mol. The summed E-state index contributed by atoms with van der Waals surface area (Å²) >= 11 is 1.13. The SMILES string of the molecule is O=C(CSc1nc2cc3c(cc2c(=O)n1Cc1ccco1)OCO3)Nc1ncn[nH]1.